The average molecular weight is 182 g/mol. The predicted octanol–water partition coefficient (Wildman–Crippen LogP) is 0.829. The zero-order chi connectivity index (χ0) is 9.16. The van der Waals surface area contributed by atoms with Gasteiger partial charge in [-0.15, -0.1) is 0 Å². The van der Waals surface area contributed by atoms with Gasteiger partial charge in [-0.1, -0.05) is 13.8 Å². The molecule has 0 spiro atoms. The van der Waals surface area contributed by atoms with Crippen molar-refractivity contribution in [1.82, 2.24) is 0 Å². The van der Waals surface area contributed by atoms with Crippen LogP contribution < -0.4 is 0 Å². The van der Waals surface area contributed by atoms with E-state index in [0.29, 0.717) is 24.4 Å². The third-order valence-corrected chi connectivity index (χ3v) is 4.11. The maximum absolute atomic E-state index is 11.4. The fraction of sp³-hybridized carbons (Fsp3) is 0.900. The normalized spacial score (nSPS) is 58.2. The van der Waals surface area contributed by atoms with E-state index in [1.54, 1.807) is 0 Å². The molecule has 13 heavy (non-hydrogen) atoms. The predicted molar refractivity (Wildman–Crippen MR) is 44.9 cm³/mol. The van der Waals surface area contributed by atoms with Gasteiger partial charge >= 0.3 is 5.97 Å². The van der Waals surface area contributed by atoms with Crippen LogP contribution in [0.4, 0.5) is 0 Å². The fourth-order valence-corrected chi connectivity index (χ4v) is 3.16. The van der Waals surface area contributed by atoms with Gasteiger partial charge in [0.25, 0.3) is 0 Å². The summed E-state index contributed by atoms with van der Waals surface area (Å²) in [6.45, 7) is 4.98. The lowest BCUT2D eigenvalue weighted by Crippen LogP contribution is -2.37. The third-order valence-electron chi connectivity index (χ3n) is 4.11. The number of ether oxygens (including phenoxy) is 2. The molecule has 0 aromatic carbocycles. The second-order valence-corrected chi connectivity index (χ2v) is 4.60. The third kappa shape index (κ3) is 0.766. The Hall–Kier alpha value is -0.570. The van der Waals surface area contributed by atoms with Gasteiger partial charge in [0.2, 0.25) is 0 Å². The molecule has 0 radical (unpaired) electrons. The van der Waals surface area contributed by atoms with Crippen molar-refractivity contribution in [2.75, 3.05) is 6.61 Å². The quantitative estimate of drug-likeness (QED) is 0.520. The number of carbonyl (C=O) groups is 1. The number of fused-ring (bicyclic) bond motifs is 5. The highest BCUT2D eigenvalue weighted by atomic mass is 16.6. The highest BCUT2D eigenvalue weighted by Crippen LogP contribution is 2.52. The highest BCUT2D eigenvalue weighted by molar-refractivity contribution is 5.76. The first-order chi connectivity index (χ1) is 6.20. The van der Waals surface area contributed by atoms with Crippen molar-refractivity contribution in [2.45, 2.75) is 26.1 Å². The number of hydrogen-bond donors (Lipinski definition) is 0. The first-order valence-corrected chi connectivity index (χ1v) is 5.02. The van der Waals surface area contributed by atoms with E-state index in [-0.39, 0.29) is 24.1 Å². The summed E-state index contributed by atoms with van der Waals surface area (Å²) >= 11 is 0. The second-order valence-electron chi connectivity index (χ2n) is 4.60. The molecule has 3 aliphatic heterocycles. The van der Waals surface area contributed by atoms with Crippen molar-refractivity contribution in [3.05, 3.63) is 0 Å². The molecule has 0 aromatic rings. The van der Waals surface area contributed by atoms with Gasteiger partial charge in [-0.25, -0.2) is 0 Å². The molecule has 0 N–H and O–H groups in total. The SMILES string of the molecule is CC1C(C)C2OC1C1COC(=O)C12. The van der Waals surface area contributed by atoms with Crippen molar-refractivity contribution in [3.8, 4) is 0 Å². The molecular formula is C10H14O3. The van der Waals surface area contributed by atoms with E-state index in [9.17, 15) is 4.79 Å². The molecule has 0 saturated carbocycles. The zero-order valence-electron chi connectivity index (χ0n) is 7.90. The Labute approximate surface area is 77.4 Å². The van der Waals surface area contributed by atoms with Gasteiger partial charge in [-0.2, -0.15) is 0 Å². The molecule has 6 atom stereocenters. The fourth-order valence-electron chi connectivity index (χ4n) is 3.16. The highest BCUT2D eigenvalue weighted by Gasteiger charge is 2.62. The number of hydrogen-bond acceptors (Lipinski definition) is 3. The van der Waals surface area contributed by atoms with E-state index < -0.39 is 0 Å². The van der Waals surface area contributed by atoms with Gasteiger partial charge in [-0.05, 0) is 11.8 Å². The van der Waals surface area contributed by atoms with Crippen molar-refractivity contribution in [2.24, 2.45) is 23.7 Å². The smallest absolute Gasteiger partial charge is 0.312 e. The van der Waals surface area contributed by atoms with Gasteiger partial charge in [0.05, 0.1) is 24.7 Å². The zero-order valence-corrected chi connectivity index (χ0v) is 7.90. The molecule has 6 unspecified atom stereocenters. The Bertz CT molecular complexity index is 263. The molecule has 0 aliphatic carbocycles. The summed E-state index contributed by atoms with van der Waals surface area (Å²) in [6.07, 6.45) is 0.413. The summed E-state index contributed by atoms with van der Waals surface area (Å²) < 4.78 is 10.9. The van der Waals surface area contributed by atoms with Crippen LogP contribution in [-0.2, 0) is 14.3 Å². The van der Waals surface area contributed by atoms with E-state index in [0.717, 1.165) is 0 Å². The molecule has 3 nitrogen and oxygen atoms in total. The molecule has 3 heterocycles. The molecule has 3 aliphatic rings. The second kappa shape index (κ2) is 2.27. The number of esters is 1. The van der Waals surface area contributed by atoms with Crippen molar-refractivity contribution in [1.29, 1.82) is 0 Å². The summed E-state index contributed by atoms with van der Waals surface area (Å²) in [4.78, 5) is 11.4. The van der Waals surface area contributed by atoms with E-state index in [1.165, 1.54) is 0 Å². The van der Waals surface area contributed by atoms with Crippen LogP contribution >= 0.6 is 0 Å². The molecule has 2 bridgehead atoms. The lowest BCUT2D eigenvalue weighted by atomic mass is 9.71. The lowest BCUT2D eigenvalue weighted by Gasteiger charge is -2.27. The van der Waals surface area contributed by atoms with Crippen molar-refractivity contribution < 1.29 is 14.3 Å². The van der Waals surface area contributed by atoms with Gasteiger partial charge in [-0.3, -0.25) is 4.79 Å². The number of carbonyl (C=O) groups excluding carboxylic acids is 1. The minimum Gasteiger partial charge on any atom is -0.465 e. The number of cyclic esters (lactones) is 1. The first-order valence-electron chi connectivity index (χ1n) is 5.02. The van der Waals surface area contributed by atoms with Crippen LogP contribution in [0, 0.1) is 23.7 Å². The van der Waals surface area contributed by atoms with Gasteiger partial charge in [0, 0.05) is 5.92 Å². The van der Waals surface area contributed by atoms with Crippen LogP contribution in [0.1, 0.15) is 13.8 Å². The van der Waals surface area contributed by atoms with E-state index in [2.05, 4.69) is 13.8 Å². The van der Waals surface area contributed by atoms with Crippen LogP contribution in [-0.4, -0.2) is 24.8 Å². The summed E-state index contributed by atoms with van der Waals surface area (Å²) in [5, 5.41) is 0. The molecular weight excluding hydrogens is 168 g/mol. The molecule has 3 fully saturated rings. The molecule has 0 amide bonds. The Morgan fingerprint density at radius 3 is 2.69 bits per heavy atom. The maximum atomic E-state index is 11.4. The molecule has 0 aromatic heterocycles. The molecule has 3 heteroatoms. The monoisotopic (exact) mass is 182 g/mol. The first kappa shape index (κ1) is 7.80. The molecule has 3 rings (SSSR count). The Balaban J connectivity index is 1.96. The lowest BCUT2D eigenvalue weighted by molar-refractivity contribution is -0.144. The van der Waals surface area contributed by atoms with E-state index in [1.807, 2.05) is 0 Å². The molecule has 3 saturated heterocycles. The van der Waals surface area contributed by atoms with Crippen LogP contribution in [0.5, 0.6) is 0 Å². The van der Waals surface area contributed by atoms with Gasteiger partial charge < -0.3 is 9.47 Å². The largest absolute Gasteiger partial charge is 0.465 e. The number of rotatable bonds is 0. The van der Waals surface area contributed by atoms with E-state index in [4.69, 9.17) is 9.47 Å². The minimum atomic E-state index is -0.0312. The van der Waals surface area contributed by atoms with Crippen LogP contribution in [0.25, 0.3) is 0 Å². The Kier molecular flexibility index (Phi) is 1.36. The average Bonchev–Trinajstić information content (AvgIpc) is 2.70. The van der Waals surface area contributed by atoms with Gasteiger partial charge in [0.15, 0.2) is 0 Å². The summed E-state index contributed by atoms with van der Waals surface area (Å²) in [5.41, 5.74) is 0. The van der Waals surface area contributed by atoms with Crippen LogP contribution in [0.2, 0.25) is 0 Å². The minimum absolute atomic E-state index is 0.0312. The Morgan fingerprint density at radius 1 is 1.23 bits per heavy atom. The summed E-state index contributed by atoms with van der Waals surface area (Å²) in [7, 11) is 0. The van der Waals surface area contributed by atoms with E-state index >= 15 is 0 Å². The standard InChI is InChI=1S/C10H14O3/c1-4-5(2)9-7-6(8(4)13-9)3-12-10(7)11/h4-9H,3H2,1-2H3. The van der Waals surface area contributed by atoms with Gasteiger partial charge in [0.1, 0.15) is 0 Å². The van der Waals surface area contributed by atoms with Crippen LogP contribution in [0.3, 0.4) is 0 Å². The van der Waals surface area contributed by atoms with Crippen molar-refractivity contribution >= 4 is 5.97 Å². The summed E-state index contributed by atoms with van der Waals surface area (Å²) in [6, 6.07) is 0. The van der Waals surface area contributed by atoms with Crippen LogP contribution in [0.15, 0.2) is 0 Å². The Morgan fingerprint density at radius 2 is 1.92 bits per heavy atom. The maximum Gasteiger partial charge on any atom is 0.312 e. The van der Waals surface area contributed by atoms with Crippen molar-refractivity contribution in [3.63, 3.8) is 0 Å². The molecule has 72 valence electrons. The summed E-state index contributed by atoms with van der Waals surface area (Å²) in [5.74, 6) is 1.47. The topological polar surface area (TPSA) is 35.5 Å².